The van der Waals surface area contributed by atoms with Crippen molar-refractivity contribution in [2.45, 2.75) is 96.1 Å². The lowest BCUT2D eigenvalue weighted by Crippen LogP contribution is -2.47. The predicted octanol–water partition coefficient (Wildman–Crippen LogP) is 4.33. The molecule has 1 heterocycles. The van der Waals surface area contributed by atoms with Crippen molar-refractivity contribution in [3.8, 4) is 0 Å². The first-order valence-electron chi connectivity index (χ1n) is 9.31. The summed E-state index contributed by atoms with van der Waals surface area (Å²) in [6.45, 7) is 4.96. The number of nitrogens with zero attached hydrogens (tertiary/aromatic N) is 1. The van der Waals surface area contributed by atoms with Crippen LogP contribution in [0.3, 0.4) is 0 Å². The van der Waals surface area contributed by atoms with Crippen LogP contribution in [0.25, 0.3) is 0 Å². The number of hydrogen-bond acceptors (Lipinski definition) is 2. The zero-order chi connectivity index (χ0) is 14.2. The van der Waals surface area contributed by atoms with E-state index in [1.54, 1.807) is 0 Å². The van der Waals surface area contributed by atoms with Gasteiger partial charge in [-0.05, 0) is 31.7 Å². The Hall–Kier alpha value is -0.0800. The first kappa shape index (κ1) is 16.3. The number of hydrogen-bond donors (Lipinski definition) is 1. The van der Waals surface area contributed by atoms with Gasteiger partial charge in [0.25, 0.3) is 0 Å². The van der Waals surface area contributed by atoms with Crippen LogP contribution >= 0.6 is 0 Å². The van der Waals surface area contributed by atoms with Crippen molar-refractivity contribution in [3.63, 3.8) is 0 Å². The van der Waals surface area contributed by atoms with Crippen molar-refractivity contribution in [2.24, 2.45) is 11.7 Å². The topological polar surface area (TPSA) is 29.3 Å². The summed E-state index contributed by atoms with van der Waals surface area (Å²) in [5.41, 5.74) is 6.58. The van der Waals surface area contributed by atoms with E-state index in [9.17, 15) is 0 Å². The van der Waals surface area contributed by atoms with Gasteiger partial charge in [-0.2, -0.15) is 0 Å². The van der Waals surface area contributed by atoms with E-state index in [0.29, 0.717) is 12.1 Å². The fourth-order valence-corrected chi connectivity index (χ4v) is 4.15. The van der Waals surface area contributed by atoms with E-state index in [0.717, 1.165) is 5.92 Å². The Labute approximate surface area is 126 Å². The molecule has 0 aromatic heterocycles. The maximum atomic E-state index is 6.58. The first-order valence-corrected chi connectivity index (χ1v) is 9.31. The molecule has 1 saturated heterocycles. The van der Waals surface area contributed by atoms with Gasteiger partial charge in [-0.25, -0.2) is 0 Å². The largest absolute Gasteiger partial charge is 0.326 e. The molecule has 20 heavy (non-hydrogen) atoms. The second-order valence-corrected chi connectivity index (χ2v) is 7.19. The van der Waals surface area contributed by atoms with Crippen LogP contribution in [0.15, 0.2) is 0 Å². The zero-order valence-corrected chi connectivity index (χ0v) is 13.7. The second kappa shape index (κ2) is 9.04. The van der Waals surface area contributed by atoms with E-state index in [-0.39, 0.29) is 0 Å². The molecule has 0 bridgehead atoms. The highest BCUT2D eigenvalue weighted by atomic mass is 15.2. The Morgan fingerprint density at radius 1 is 0.850 bits per heavy atom. The summed E-state index contributed by atoms with van der Waals surface area (Å²) >= 11 is 0. The van der Waals surface area contributed by atoms with Gasteiger partial charge in [0.05, 0.1) is 0 Å². The fourth-order valence-electron chi connectivity index (χ4n) is 4.15. The van der Waals surface area contributed by atoms with Crippen molar-refractivity contribution < 1.29 is 0 Å². The average molecular weight is 280 g/mol. The predicted molar refractivity (Wildman–Crippen MR) is 87.9 cm³/mol. The van der Waals surface area contributed by atoms with E-state index in [1.807, 2.05) is 0 Å². The van der Waals surface area contributed by atoms with Crippen LogP contribution < -0.4 is 5.73 Å². The summed E-state index contributed by atoms with van der Waals surface area (Å²) in [4.78, 5) is 2.74. The third-order valence-electron chi connectivity index (χ3n) is 5.65. The van der Waals surface area contributed by atoms with Gasteiger partial charge in [-0.1, -0.05) is 64.7 Å². The van der Waals surface area contributed by atoms with Crippen LogP contribution in [0.4, 0.5) is 0 Å². The van der Waals surface area contributed by atoms with Crippen LogP contribution in [-0.2, 0) is 0 Å². The highest BCUT2D eigenvalue weighted by Gasteiger charge is 2.30. The van der Waals surface area contributed by atoms with Crippen molar-refractivity contribution >= 4 is 0 Å². The van der Waals surface area contributed by atoms with Crippen molar-refractivity contribution in [3.05, 3.63) is 0 Å². The van der Waals surface area contributed by atoms with Crippen molar-refractivity contribution in [2.75, 3.05) is 13.1 Å². The quantitative estimate of drug-likeness (QED) is 0.816. The van der Waals surface area contributed by atoms with E-state index in [4.69, 9.17) is 5.73 Å². The summed E-state index contributed by atoms with van der Waals surface area (Å²) in [6, 6.07) is 1.09. The maximum absolute atomic E-state index is 6.58. The van der Waals surface area contributed by atoms with E-state index in [1.165, 1.54) is 90.1 Å². The molecule has 0 spiro atoms. The molecule has 3 unspecified atom stereocenters. The Balaban J connectivity index is 1.87. The van der Waals surface area contributed by atoms with Crippen LogP contribution in [0.5, 0.6) is 0 Å². The van der Waals surface area contributed by atoms with Gasteiger partial charge in [0.2, 0.25) is 0 Å². The first-order chi connectivity index (χ1) is 9.81. The minimum Gasteiger partial charge on any atom is -0.326 e. The lowest BCUT2D eigenvalue weighted by atomic mass is 9.93. The smallest absolute Gasteiger partial charge is 0.0247 e. The molecule has 118 valence electrons. The third-order valence-corrected chi connectivity index (χ3v) is 5.65. The molecular formula is C18H36N2. The summed E-state index contributed by atoms with van der Waals surface area (Å²) in [5, 5.41) is 0. The molecular weight excluding hydrogens is 244 g/mol. The molecule has 2 aliphatic rings. The third kappa shape index (κ3) is 5.04. The molecule has 0 amide bonds. The highest BCUT2D eigenvalue weighted by Crippen LogP contribution is 2.26. The van der Waals surface area contributed by atoms with Gasteiger partial charge in [0.15, 0.2) is 0 Å². The second-order valence-electron chi connectivity index (χ2n) is 7.19. The van der Waals surface area contributed by atoms with Crippen LogP contribution in [-0.4, -0.2) is 30.1 Å². The molecule has 0 aromatic carbocycles. The Morgan fingerprint density at radius 2 is 1.45 bits per heavy atom. The summed E-state index contributed by atoms with van der Waals surface area (Å²) in [7, 11) is 0. The van der Waals surface area contributed by atoms with E-state index >= 15 is 0 Å². The molecule has 1 aliphatic carbocycles. The molecule has 1 aliphatic heterocycles. The number of rotatable bonds is 2. The molecule has 2 heteroatoms. The van der Waals surface area contributed by atoms with Gasteiger partial charge >= 0.3 is 0 Å². The fraction of sp³-hybridized carbons (Fsp3) is 1.00. The number of likely N-dealkylation sites (tertiary alicyclic amines) is 1. The Kier molecular flexibility index (Phi) is 7.37. The minimum atomic E-state index is 0.421. The van der Waals surface area contributed by atoms with Gasteiger partial charge < -0.3 is 5.73 Å². The van der Waals surface area contributed by atoms with E-state index in [2.05, 4.69) is 11.8 Å². The standard InChI is InChI=1S/C18H36N2/c1-2-16-13-14-20(15-16)18-12-10-8-6-4-3-5-7-9-11-17(18)19/h16-18H,2-15,19H2,1H3. The molecule has 2 rings (SSSR count). The normalized spacial score (nSPS) is 35.4. The summed E-state index contributed by atoms with van der Waals surface area (Å²) in [5.74, 6) is 0.934. The molecule has 3 atom stereocenters. The SMILES string of the molecule is CCC1CCN(C2CCCCCCCCCCC2N)C1. The molecule has 2 N–H and O–H groups in total. The van der Waals surface area contributed by atoms with Gasteiger partial charge in [0, 0.05) is 18.6 Å². The van der Waals surface area contributed by atoms with Crippen LogP contribution in [0.1, 0.15) is 84.0 Å². The molecule has 0 radical (unpaired) electrons. The van der Waals surface area contributed by atoms with Gasteiger partial charge in [0.1, 0.15) is 0 Å². The highest BCUT2D eigenvalue weighted by molar-refractivity contribution is 4.87. The lowest BCUT2D eigenvalue weighted by molar-refractivity contribution is 0.180. The zero-order valence-electron chi connectivity index (χ0n) is 13.7. The Morgan fingerprint density at radius 3 is 2.05 bits per heavy atom. The molecule has 1 saturated carbocycles. The minimum absolute atomic E-state index is 0.421. The summed E-state index contributed by atoms with van der Waals surface area (Å²) in [6.07, 6.45) is 16.7. The van der Waals surface area contributed by atoms with E-state index < -0.39 is 0 Å². The summed E-state index contributed by atoms with van der Waals surface area (Å²) < 4.78 is 0. The number of nitrogens with two attached hydrogens (primary N) is 1. The van der Waals surface area contributed by atoms with Crippen molar-refractivity contribution in [1.29, 1.82) is 0 Å². The molecule has 2 nitrogen and oxygen atoms in total. The average Bonchev–Trinajstić information content (AvgIpc) is 2.91. The van der Waals surface area contributed by atoms with Gasteiger partial charge in [-0.15, -0.1) is 0 Å². The van der Waals surface area contributed by atoms with Gasteiger partial charge in [-0.3, -0.25) is 4.90 Å². The lowest BCUT2D eigenvalue weighted by Gasteiger charge is -2.33. The molecule has 2 fully saturated rings. The molecule has 0 aromatic rings. The van der Waals surface area contributed by atoms with Crippen LogP contribution in [0, 0.1) is 5.92 Å². The Bertz CT molecular complexity index is 254. The van der Waals surface area contributed by atoms with Crippen LogP contribution in [0.2, 0.25) is 0 Å². The monoisotopic (exact) mass is 280 g/mol. The maximum Gasteiger partial charge on any atom is 0.0247 e. The van der Waals surface area contributed by atoms with Crippen molar-refractivity contribution in [1.82, 2.24) is 4.90 Å².